The predicted octanol–water partition coefficient (Wildman–Crippen LogP) is 3.89. The topological polar surface area (TPSA) is 0 Å². The van der Waals surface area contributed by atoms with E-state index < -0.39 is 6.43 Å². The Balaban J connectivity index is 3.28. The van der Waals surface area contributed by atoms with Gasteiger partial charge in [0.25, 0.3) is 6.43 Å². The van der Waals surface area contributed by atoms with Gasteiger partial charge in [0.1, 0.15) is 0 Å². The molecule has 0 spiro atoms. The Morgan fingerprint density at radius 1 is 1.25 bits per heavy atom. The zero-order valence-corrected chi connectivity index (χ0v) is 7.62. The second kappa shape index (κ2) is 3.40. The normalized spacial score (nSPS) is 10.8. The van der Waals surface area contributed by atoms with Crippen LogP contribution < -0.4 is 0 Å². The summed E-state index contributed by atoms with van der Waals surface area (Å²) >= 11 is 5.65. The largest absolute Gasteiger partial charge is 0.265 e. The van der Waals surface area contributed by atoms with Crippen molar-refractivity contribution in [3.63, 3.8) is 0 Å². The first kappa shape index (κ1) is 9.46. The Hall–Kier alpha value is -0.630. The molecule has 0 aromatic heterocycles. The highest BCUT2D eigenvalue weighted by Gasteiger charge is 2.14. The van der Waals surface area contributed by atoms with E-state index in [-0.39, 0.29) is 10.6 Å². The predicted molar refractivity (Wildman–Crippen MR) is 45.9 cm³/mol. The maximum atomic E-state index is 12.3. The standard InChI is InChI=1S/C9H9ClF2/c1-5-3-6(2)8(9(11)12)7(10)4-5/h3-4,9H,1-2H3. The lowest BCUT2D eigenvalue weighted by Gasteiger charge is -2.07. The maximum absolute atomic E-state index is 12.3. The minimum Gasteiger partial charge on any atom is -0.205 e. The summed E-state index contributed by atoms with van der Waals surface area (Å²) in [6.07, 6.45) is -2.49. The van der Waals surface area contributed by atoms with Crippen molar-refractivity contribution in [3.8, 4) is 0 Å². The SMILES string of the molecule is Cc1cc(C)c(C(F)F)c(Cl)c1. The lowest BCUT2D eigenvalue weighted by molar-refractivity contribution is 0.150. The molecule has 1 aromatic carbocycles. The summed E-state index contributed by atoms with van der Waals surface area (Å²) in [6, 6.07) is 3.25. The van der Waals surface area contributed by atoms with E-state index in [2.05, 4.69) is 0 Å². The van der Waals surface area contributed by atoms with E-state index in [4.69, 9.17) is 11.6 Å². The van der Waals surface area contributed by atoms with Gasteiger partial charge in [-0.25, -0.2) is 8.78 Å². The van der Waals surface area contributed by atoms with E-state index in [9.17, 15) is 8.78 Å². The van der Waals surface area contributed by atoms with Gasteiger partial charge in [-0.2, -0.15) is 0 Å². The third-order valence-corrected chi connectivity index (χ3v) is 2.01. The first-order valence-corrected chi connectivity index (χ1v) is 3.95. The van der Waals surface area contributed by atoms with E-state index in [1.165, 1.54) is 0 Å². The molecule has 0 saturated heterocycles. The van der Waals surface area contributed by atoms with Crippen molar-refractivity contribution in [1.82, 2.24) is 0 Å². The fourth-order valence-electron chi connectivity index (χ4n) is 1.20. The van der Waals surface area contributed by atoms with Crippen LogP contribution in [-0.4, -0.2) is 0 Å². The summed E-state index contributed by atoms with van der Waals surface area (Å²) in [5, 5.41) is 0.155. The summed E-state index contributed by atoms with van der Waals surface area (Å²) < 4.78 is 24.7. The van der Waals surface area contributed by atoms with E-state index in [0.717, 1.165) is 5.56 Å². The molecule has 0 atom stereocenters. The van der Waals surface area contributed by atoms with E-state index in [1.807, 2.05) is 6.92 Å². The molecule has 0 fully saturated rings. The Morgan fingerprint density at radius 2 is 1.83 bits per heavy atom. The fourth-order valence-corrected chi connectivity index (χ4v) is 1.61. The van der Waals surface area contributed by atoms with Crippen LogP contribution in [0.25, 0.3) is 0 Å². The van der Waals surface area contributed by atoms with Crippen LogP contribution in [0.4, 0.5) is 8.78 Å². The third-order valence-electron chi connectivity index (χ3n) is 1.70. The van der Waals surface area contributed by atoms with E-state index in [0.29, 0.717) is 5.56 Å². The monoisotopic (exact) mass is 190 g/mol. The number of alkyl halides is 2. The highest BCUT2D eigenvalue weighted by molar-refractivity contribution is 6.31. The van der Waals surface area contributed by atoms with Crippen molar-refractivity contribution in [3.05, 3.63) is 33.8 Å². The van der Waals surface area contributed by atoms with Crippen LogP contribution in [0.2, 0.25) is 5.02 Å². The number of benzene rings is 1. The Kier molecular flexibility index (Phi) is 2.68. The van der Waals surface area contributed by atoms with Crippen LogP contribution in [0.1, 0.15) is 23.1 Å². The molecule has 0 unspecified atom stereocenters. The van der Waals surface area contributed by atoms with Crippen molar-refractivity contribution in [2.45, 2.75) is 20.3 Å². The van der Waals surface area contributed by atoms with Gasteiger partial charge in [-0.15, -0.1) is 0 Å². The van der Waals surface area contributed by atoms with Crippen molar-refractivity contribution in [2.75, 3.05) is 0 Å². The lowest BCUT2D eigenvalue weighted by atomic mass is 10.1. The van der Waals surface area contributed by atoms with Crippen LogP contribution in [-0.2, 0) is 0 Å². The molecular formula is C9H9ClF2. The molecule has 0 aliphatic carbocycles. The first-order chi connectivity index (χ1) is 5.52. The molecule has 3 heteroatoms. The zero-order chi connectivity index (χ0) is 9.30. The van der Waals surface area contributed by atoms with Gasteiger partial charge in [-0.05, 0) is 31.0 Å². The lowest BCUT2D eigenvalue weighted by Crippen LogP contribution is -1.91. The van der Waals surface area contributed by atoms with Crippen LogP contribution in [0.5, 0.6) is 0 Å². The van der Waals surface area contributed by atoms with Gasteiger partial charge < -0.3 is 0 Å². The number of rotatable bonds is 1. The van der Waals surface area contributed by atoms with Gasteiger partial charge in [-0.3, -0.25) is 0 Å². The molecule has 12 heavy (non-hydrogen) atoms. The highest BCUT2D eigenvalue weighted by atomic mass is 35.5. The Morgan fingerprint density at radius 3 is 2.25 bits per heavy atom. The smallest absolute Gasteiger partial charge is 0.205 e. The van der Waals surface area contributed by atoms with Gasteiger partial charge in [-0.1, -0.05) is 17.7 Å². The Labute approximate surface area is 75.2 Å². The summed E-state index contributed by atoms with van der Waals surface area (Å²) in [6.45, 7) is 3.47. The molecule has 0 nitrogen and oxygen atoms in total. The summed E-state index contributed by atoms with van der Waals surface area (Å²) in [5.74, 6) is 0. The molecule has 0 saturated carbocycles. The number of hydrogen-bond acceptors (Lipinski definition) is 0. The van der Waals surface area contributed by atoms with Crippen molar-refractivity contribution >= 4 is 11.6 Å². The summed E-state index contributed by atoms with van der Waals surface area (Å²) in [5.41, 5.74) is 1.40. The van der Waals surface area contributed by atoms with Crippen LogP contribution in [0.3, 0.4) is 0 Å². The molecule has 0 heterocycles. The van der Waals surface area contributed by atoms with Gasteiger partial charge in [0.05, 0.1) is 0 Å². The Bertz CT molecular complexity index is 272. The molecule has 1 rings (SSSR count). The van der Waals surface area contributed by atoms with Gasteiger partial charge >= 0.3 is 0 Å². The molecule has 0 bridgehead atoms. The summed E-state index contributed by atoms with van der Waals surface area (Å²) in [4.78, 5) is 0. The molecule has 0 N–H and O–H groups in total. The van der Waals surface area contributed by atoms with Crippen LogP contribution >= 0.6 is 11.6 Å². The first-order valence-electron chi connectivity index (χ1n) is 3.57. The summed E-state index contributed by atoms with van der Waals surface area (Å²) in [7, 11) is 0. The molecule has 0 radical (unpaired) electrons. The number of halogens is 3. The average Bonchev–Trinajstić information content (AvgIpc) is 1.82. The minimum atomic E-state index is -2.49. The number of hydrogen-bond donors (Lipinski definition) is 0. The average molecular weight is 191 g/mol. The van der Waals surface area contributed by atoms with Gasteiger partial charge in [0.15, 0.2) is 0 Å². The van der Waals surface area contributed by atoms with Gasteiger partial charge in [0.2, 0.25) is 0 Å². The van der Waals surface area contributed by atoms with Crippen molar-refractivity contribution in [1.29, 1.82) is 0 Å². The molecular weight excluding hydrogens is 182 g/mol. The maximum Gasteiger partial charge on any atom is 0.265 e. The van der Waals surface area contributed by atoms with Crippen LogP contribution in [0, 0.1) is 13.8 Å². The molecule has 66 valence electrons. The molecule has 0 amide bonds. The minimum absolute atomic E-state index is 0.0535. The van der Waals surface area contributed by atoms with E-state index in [1.54, 1.807) is 19.1 Å². The van der Waals surface area contributed by atoms with Crippen molar-refractivity contribution < 1.29 is 8.78 Å². The number of aryl methyl sites for hydroxylation is 2. The van der Waals surface area contributed by atoms with Crippen molar-refractivity contribution in [2.24, 2.45) is 0 Å². The third kappa shape index (κ3) is 1.75. The van der Waals surface area contributed by atoms with Gasteiger partial charge in [0, 0.05) is 10.6 Å². The molecule has 0 aliphatic heterocycles. The second-order valence-corrected chi connectivity index (χ2v) is 3.19. The zero-order valence-electron chi connectivity index (χ0n) is 6.87. The van der Waals surface area contributed by atoms with E-state index >= 15 is 0 Å². The highest BCUT2D eigenvalue weighted by Crippen LogP contribution is 2.30. The quantitative estimate of drug-likeness (QED) is 0.630. The second-order valence-electron chi connectivity index (χ2n) is 2.78. The molecule has 0 aliphatic rings. The fraction of sp³-hybridized carbons (Fsp3) is 0.333. The van der Waals surface area contributed by atoms with Crippen LogP contribution in [0.15, 0.2) is 12.1 Å². The molecule has 1 aromatic rings.